The Hall–Kier alpha value is -3.63. The van der Waals surface area contributed by atoms with Gasteiger partial charge < -0.3 is 10.1 Å². The zero-order valence-electron chi connectivity index (χ0n) is 18.5. The first-order valence-corrected chi connectivity index (χ1v) is 11.4. The third kappa shape index (κ3) is 4.68. The van der Waals surface area contributed by atoms with Crippen LogP contribution in [0.5, 0.6) is 5.75 Å². The monoisotopic (exact) mass is 497 g/mol. The van der Waals surface area contributed by atoms with Gasteiger partial charge in [-0.15, -0.1) is 0 Å². The van der Waals surface area contributed by atoms with E-state index in [-0.39, 0.29) is 22.7 Å². The van der Waals surface area contributed by atoms with Gasteiger partial charge in [0.1, 0.15) is 16.2 Å². The van der Waals surface area contributed by atoms with E-state index >= 15 is 0 Å². The Labute approximate surface area is 203 Å². The number of hydrogen-bond donors (Lipinski definition) is 1. The molecule has 0 unspecified atom stereocenters. The molecule has 0 fully saturated rings. The highest BCUT2D eigenvalue weighted by Crippen LogP contribution is 2.27. The van der Waals surface area contributed by atoms with Crippen LogP contribution in [0, 0.1) is 0 Å². The van der Waals surface area contributed by atoms with Crippen LogP contribution >= 0.6 is 23.4 Å². The van der Waals surface area contributed by atoms with Crippen molar-refractivity contribution in [2.24, 2.45) is 14.1 Å². The van der Waals surface area contributed by atoms with Gasteiger partial charge >= 0.3 is 5.69 Å². The average molecular weight is 498 g/mol. The number of aryl methyl sites for hydroxylation is 1. The van der Waals surface area contributed by atoms with Crippen molar-refractivity contribution >= 4 is 46.0 Å². The lowest BCUT2D eigenvalue weighted by Gasteiger charge is -2.12. The zero-order chi connectivity index (χ0) is 24.4. The van der Waals surface area contributed by atoms with Crippen LogP contribution in [0.3, 0.4) is 0 Å². The van der Waals surface area contributed by atoms with Crippen molar-refractivity contribution in [3.8, 4) is 17.1 Å². The minimum atomic E-state index is -0.528. The summed E-state index contributed by atoms with van der Waals surface area (Å²) in [5.41, 5.74) is 0.422. The summed E-state index contributed by atoms with van der Waals surface area (Å²) in [6.45, 7) is 0. The smallest absolute Gasteiger partial charge is 0.332 e. The molecule has 2 heterocycles. The Bertz CT molecular complexity index is 1500. The summed E-state index contributed by atoms with van der Waals surface area (Å²) in [6.07, 6.45) is 0. The maximum Gasteiger partial charge on any atom is 0.332 e. The number of carbonyl (C=O) groups excluding carboxylic acids is 1. The first kappa shape index (κ1) is 23.5. The number of benzene rings is 2. The van der Waals surface area contributed by atoms with Crippen LogP contribution in [0.15, 0.2) is 63.1 Å². The number of nitrogens with one attached hydrogen (secondary N) is 1. The summed E-state index contributed by atoms with van der Waals surface area (Å²) >= 11 is 6.98. The molecule has 0 aliphatic carbocycles. The lowest BCUT2D eigenvalue weighted by atomic mass is 10.2. The van der Waals surface area contributed by atoms with E-state index in [2.05, 4.69) is 15.3 Å². The Morgan fingerprint density at radius 2 is 1.71 bits per heavy atom. The number of fused-ring (bicyclic) bond motifs is 1. The van der Waals surface area contributed by atoms with Gasteiger partial charge in [0.25, 0.3) is 5.56 Å². The number of methoxy groups -OCH3 is 1. The number of carbonyl (C=O) groups is 1. The van der Waals surface area contributed by atoms with E-state index in [0.717, 1.165) is 16.3 Å². The third-order valence-electron chi connectivity index (χ3n) is 5.08. The molecule has 2 aromatic heterocycles. The summed E-state index contributed by atoms with van der Waals surface area (Å²) in [4.78, 5) is 47.1. The highest BCUT2D eigenvalue weighted by Gasteiger charge is 2.19. The van der Waals surface area contributed by atoms with Gasteiger partial charge in [-0.1, -0.05) is 23.4 Å². The van der Waals surface area contributed by atoms with Crippen LogP contribution in [0.2, 0.25) is 5.02 Å². The molecule has 0 saturated carbocycles. The maximum absolute atomic E-state index is 12.9. The summed E-state index contributed by atoms with van der Waals surface area (Å²) in [6, 6.07) is 13.8. The standard InChI is InChI=1S/C23H20ClN5O4S/c1-28-20-18(22(31)29(2)23(28)32)21(27-19(26-20)13-4-10-16(33-3)11-5-13)34-12-17(30)25-15-8-6-14(24)7-9-15/h4-11H,12H2,1-3H3,(H,25,30). The van der Waals surface area contributed by atoms with Crippen molar-refractivity contribution in [3.05, 3.63) is 74.4 Å². The first-order chi connectivity index (χ1) is 16.3. The van der Waals surface area contributed by atoms with Crippen LogP contribution < -0.4 is 21.3 Å². The number of nitrogens with zero attached hydrogens (tertiary/aromatic N) is 4. The molecule has 0 spiro atoms. The highest BCUT2D eigenvalue weighted by molar-refractivity contribution is 8.00. The van der Waals surface area contributed by atoms with Crippen molar-refractivity contribution in [1.82, 2.24) is 19.1 Å². The minimum absolute atomic E-state index is 0.0111. The van der Waals surface area contributed by atoms with Crippen molar-refractivity contribution in [1.29, 1.82) is 0 Å². The SMILES string of the molecule is COc1ccc(-c2nc(SCC(=O)Nc3ccc(Cl)cc3)c3c(=O)n(C)c(=O)n(C)c3n2)cc1. The molecule has 0 aliphatic rings. The number of amides is 1. The average Bonchev–Trinajstić information content (AvgIpc) is 2.85. The molecule has 174 valence electrons. The van der Waals surface area contributed by atoms with Gasteiger partial charge in [-0.25, -0.2) is 14.8 Å². The van der Waals surface area contributed by atoms with Gasteiger partial charge in [0.15, 0.2) is 11.5 Å². The molecule has 0 bridgehead atoms. The van der Waals surface area contributed by atoms with E-state index in [4.69, 9.17) is 16.3 Å². The van der Waals surface area contributed by atoms with E-state index < -0.39 is 11.2 Å². The van der Waals surface area contributed by atoms with Gasteiger partial charge in [0.05, 0.1) is 12.9 Å². The number of aromatic nitrogens is 4. The predicted octanol–water partition coefficient (Wildman–Crippen LogP) is 3.09. The van der Waals surface area contributed by atoms with E-state index in [9.17, 15) is 14.4 Å². The topological polar surface area (TPSA) is 108 Å². The highest BCUT2D eigenvalue weighted by atomic mass is 35.5. The molecule has 0 atom stereocenters. The Morgan fingerprint density at radius 3 is 2.35 bits per heavy atom. The lowest BCUT2D eigenvalue weighted by Crippen LogP contribution is -2.37. The molecule has 0 saturated heterocycles. The second kappa shape index (κ2) is 9.70. The molecule has 2 aromatic carbocycles. The zero-order valence-corrected chi connectivity index (χ0v) is 20.1. The van der Waals surface area contributed by atoms with E-state index in [1.54, 1.807) is 55.6 Å². The summed E-state index contributed by atoms with van der Waals surface area (Å²) in [5.74, 6) is 0.688. The van der Waals surface area contributed by atoms with Gasteiger partial charge in [0, 0.05) is 30.4 Å². The molecular formula is C23H20ClN5O4S. The summed E-state index contributed by atoms with van der Waals surface area (Å²) in [5, 5.41) is 3.82. The van der Waals surface area contributed by atoms with Crippen molar-refractivity contribution in [2.75, 3.05) is 18.2 Å². The van der Waals surface area contributed by atoms with Crippen molar-refractivity contribution in [2.45, 2.75) is 5.03 Å². The van der Waals surface area contributed by atoms with Crippen molar-refractivity contribution < 1.29 is 9.53 Å². The van der Waals surface area contributed by atoms with Gasteiger partial charge in [-0.3, -0.25) is 18.7 Å². The van der Waals surface area contributed by atoms with Crippen LogP contribution in [-0.4, -0.2) is 37.9 Å². The Kier molecular flexibility index (Phi) is 6.71. The first-order valence-electron chi connectivity index (χ1n) is 10.1. The molecule has 9 nitrogen and oxygen atoms in total. The fourth-order valence-electron chi connectivity index (χ4n) is 3.27. The fraction of sp³-hybridized carbons (Fsp3) is 0.174. The second-order valence-electron chi connectivity index (χ2n) is 7.33. The number of anilines is 1. The molecule has 34 heavy (non-hydrogen) atoms. The van der Waals surface area contributed by atoms with Crippen LogP contribution in [-0.2, 0) is 18.9 Å². The molecule has 4 aromatic rings. The Morgan fingerprint density at radius 1 is 1.03 bits per heavy atom. The van der Waals surface area contributed by atoms with Crippen LogP contribution in [0.25, 0.3) is 22.4 Å². The summed E-state index contributed by atoms with van der Waals surface area (Å²) in [7, 11) is 4.50. The molecule has 4 rings (SSSR count). The van der Waals surface area contributed by atoms with Gasteiger partial charge in [-0.2, -0.15) is 0 Å². The molecule has 0 aliphatic heterocycles. The number of rotatable bonds is 6. The molecule has 1 amide bonds. The van der Waals surface area contributed by atoms with E-state index in [1.807, 2.05) is 0 Å². The van der Waals surface area contributed by atoms with Crippen LogP contribution in [0.1, 0.15) is 0 Å². The molecular weight excluding hydrogens is 478 g/mol. The number of halogens is 1. The van der Waals surface area contributed by atoms with Crippen LogP contribution in [0.4, 0.5) is 5.69 Å². The minimum Gasteiger partial charge on any atom is -0.497 e. The van der Waals surface area contributed by atoms with E-state index in [0.29, 0.717) is 32.9 Å². The molecule has 1 N–H and O–H groups in total. The quantitative estimate of drug-likeness (QED) is 0.322. The number of thioether (sulfide) groups is 1. The maximum atomic E-state index is 12.9. The number of hydrogen-bond acceptors (Lipinski definition) is 7. The normalized spacial score (nSPS) is 10.9. The number of ether oxygens (including phenoxy) is 1. The van der Waals surface area contributed by atoms with Gasteiger partial charge in [-0.05, 0) is 48.5 Å². The van der Waals surface area contributed by atoms with Crippen molar-refractivity contribution in [3.63, 3.8) is 0 Å². The third-order valence-corrected chi connectivity index (χ3v) is 6.31. The largest absolute Gasteiger partial charge is 0.497 e. The molecule has 0 radical (unpaired) electrons. The van der Waals surface area contributed by atoms with Gasteiger partial charge in [0.2, 0.25) is 5.91 Å². The predicted molar refractivity (Wildman–Crippen MR) is 133 cm³/mol. The van der Waals surface area contributed by atoms with E-state index in [1.165, 1.54) is 18.7 Å². The fourth-order valence-corrected chi connectivity index (χ4v) is 4.21. The molecule has 11 heteroatoms. The Balaban J connectivity index is 1.75. The summed E-state index contributed by atoms with van der Waals surface area (Å²) < 4.78 is 7.49. The second-order valence-corrected chi connectivity index (χ2v) is 8.73. The lowest BCUT2D eigenvalue weighted by molar-refractivity contribution is -0.113.